The second kappa shape index (κ2) is 6.17. The van der Waals surface area contributed by atoms with Gasteiger partial charge in [-0.1, -0.05) is 6.07 Å². The molecule has 0 aliphatic carbocycles. The number of carboxylic acid groups (broad SMARTS) is 1. The second-order valence-electron chi connectivity index (χ2n) is 5.75. The number of hydrogen-bond acceptors (Lipinski definition) is 5. The van der Waals surface area contributed by atoms with Gasteiger partial charge in [0.2, 0.25) is 11.8 Å². The van der Waals surface area contributed by atoms with Crippen LogP contribution < -0.4 is 0 Å². The highest BCUT2D eigenvalue weighted by molar-refractivity contribution is 7.13. The fourth-order valence-electron chi connectivity index (χ4n) is 2.72. The number of likely N-dealkylation sites (tertiary alicyclic amines) is 1. The van der Waals surface area contributed by atoms with Gasteiger partial charge in [-0.2, -0.15) is 13.2 Å². The topological polar surface area (TPSA) is 83.6 Å². The standard InChI is InChI=1S/C15H13F3N2O4S/c16-15(17,18)14(13(22)23)3-4-20(8-14)11(21)6-9-7-24-12(19-9)10-2-1-5-25-10/h1-2,5,7H,3-4,6,8H2,(H,22,23). The highest BCUT2D eigenvalue weighted by Crippen LogP contribution is 2.45. The van der Waals surface area contributed by atoms with Crippen molar-refractivity contribution in [3.05, 3.63) is 29.5 Å². The zero-order valence-electron chi connectivity index (χ0n) is 12.7. The van der Waals surface area contributed by atoms with Crippen molar-refractivity contribution in [1.29, 1.82) is 0 Å². The van der Waals surface area contributed by atoms with Gasteiger partial charge < -0.3 is 14.4 Å². The molecule has 1 N–H and O–H groups in total. The van der Waals surface area contributed by atoms with E-state index in [2.05, 4.69) is 4.98 Å². The summed E-state index contributed by atoms with van der Waals surface area (Å²) in [7, 11) is 0. The third kappa shape index (κ3) is 3.13. The number of carboxylic acids is 1. The predicted molar refractivity (Wildman–Crippen MR) is 80.8 cm³/mol. The first kappa shape index (κ1) is 17.5. The number of aromatic nitrogens is 1. The normalized spacial score (nSPS) is 20.8. The maximum Gasteiger partial charge on any atom is 0.406 e. The molecule has 1 atom stereocenters. The fourth-order valence-corrected chi connectivity index (χ4v) is 3.37. The number of rotatable bonds is 4. The molecule has 0 saturated carbocycles. The van der Waals surface area contributed by atoms with E-state index in [-0.39, 0.29) is 18.7 Å². The first-order valence-electron chi connectivity index (χ1n) is 7.29. The molecule has 10 heteroatoms. The lowest BCUT2D eigenvalue weighted by atomic mass is 9.86. The minimum absolute atomic E-state index is 0.248. The number of nitrogens with zero attached hydrogens (tertiary/aromatic N) is 2. The number of carbonyl (C=O) groups is 2. The van der Waals surface area contributed by atoms with Crippen LogP contribution in [0, 0.1) is 5.41 Å². The van der Waals surface area contributed by atoms with Crippen LogP contribution in [-0.4, -0.2) is 46.1 Å². The van der Waals surface area contributed by atoms with Gasteiger partial charge in [0.05, 0.1) is 17.0 Å². The first-order chi connectivity index (χ1) is 11.7. The number of amides is 1. The van der Waals surface area contributed by atoms with Crippen molar-refractivity contribution in [3.8, 4) is 10.8 Å². The summed E-state index contributed by atoms with van der Waals surface area (Å²) in [6.07, 6.45) is -4.55. The maximum absolute atomic E-state index is 13.1. The monoisotopic (exact) mass is 374 g/mol. The average molecular weight is 374 g/mol. The van der Waals surface area contributed by atoms with E-state index in [1.54, 1.807) is 6.07 Å². The maximum atomic E-state index is 13.1. The summed E-state index contributed by atoms with van der Waals surface area (Å²) in [5.41, 5.74) is -2.62. The highest BCUT2D eigenvalue weighted by atomic mass is 32.1. The highest BCUT2D eigenvalue weighted by Gasteiger charge is 2.64. The van der Waals surface area contributed by atoms with Crippen LogP contribution in [0.5, 0.6) is 0 Å². The van der Waals surface area contributed by atoms with E-state index >= 15 is 0 Å². The summed E-state index contributed by atoms with van der Waals surface area (Å²) in [6, 6.07) is 3.59. The Balaban J connectivity index is 1.70. The van der Waals surface area contributed by atoms with Crippen LogP contribution in [0.3, 0.4) is 0 Å². The molecule has 3 rings (SSSR count). The van der Waals surface area contributed by atoms with E-state index in [1.165, 1.54) is 17.6 Å². The molecule has 6 nitrogen and oxygen atoms in total. The quantitative estimate of drug-likeness (QED) is 0.890. The summed E-state index contributed by atoms with van der Waals surface area (Å²) < 4.78 is 44.7. The fraction of sp³-hybridized carbons (Fsp3) is 0.400. The van der Waals surface area contributed by atoms with E-state index in [1.807, 2.05) is 11.4 Å². The van der Waals surface area contributed by atoms with Gasteiger partial charge in [-0.15, -0.1) is 11.3 Å². The van der Waals surface area contributed by atoms with Gasteiger partial charge in [-0.05, 0) is 17.9 Å². The lowest BCUT2D eigenvalue weighted by molar-refractivity contribution is -0.227. The number of aliphatic carboxylic acids is 1. The molecule has 0 bridgehead atoms. The van der Waals surface area contributed by atoms with Gasteiger partial charge in [0, 0.05) is 13.1 Å². The molecule has 3 heterocycles. The van der Waals surface area contributed by atoms with Crippen LogP contribution in [0.4, 0.5) is 13.2 Å². The SMILES string of the molecule is O=C(Cc1coc(-c2cccs2)n1)N1CCC(C(=O)O)(C(F)(F)F)C1. The van der Waals surface area contributed by atoms with Crippen LogP contribution in [0.1, 0.15) is 12.1 Å². The summed E-state index contributed by atoms with van der Waals surface area (Å²) in [4.78, 5) is 29.2. The number of thiophene rings is 1. The second-order valence-corrected chi connectivity index (χ2v) is 6.70. The van der Waals surface area contributed by atoms with Crippen molar-refractivity contribution in [2.24, 2.45) is 5.41 Å². The molecule has 0 aromatic carbocycles. The summed E-state index contributed by atoms with van der Waals surface area (Å²) >= 11 is 1.40. The number of carbonyl (C=O) groups excluding carboxylic acids is 1. The third-order valence-electron chi connectivity index (χ3n) is 4.19. The molecule has 25 heavy (non-hydrogen) atoms. The van der Waals surface area contributed by atoms with Gasteiger partial charge in [-0.3, -0.25) is 9.59 Å². The van der Waals surface area contributed by atoms with Crippen molar-refractivity contribution in [2.75, 3.05) is 13.1 Å². The zero-order chi connectivity index (χ0) is 18.2. The van der Waals surface area contributed by atoms with Gasteiger partial charge in [-0.25, -0.2) is 4.98 Å². The summed E-state index contributed by atoms with van der Waals surface area (Å²) in [5, 5.41) is 10.8. The average Bonchev–Trinajstić information content (AvgIpc) is 3.26. The van der Waals surface area contributed by atoms with Crippen LogP contribution in [0.2, 0.25) is 0 Å². The van der Waals surface area contributed by atoms with Crippen LogP contribution >= 0.6 is 11.3 Å². The Morgan fingerprint density at radius 3 is 2.76 bits per heavy atom. The lowest BCUT2D eigenvalue weighted by Crippen LogP contribution is -2.47. The molecule has 1 saturated heterocycles. The van der Waals surface area contributed by atoms with E-state index in [9.17, 15) is 22.8 Å². The number of oxazole rings is 1. The van der Waals surface area contributed by atoms with E-state index < -0.39 is 36.4 Å². The van der Waals surface area contributed by atoms with Crippen molar-refractivity contribution in [2.45, 2.75) is 19.0 Å². The molecule has 1 aliphatic rings. The Morgan fingerprint density at radius 1 is 1.44 bits per heavy atom. The largest absolute Gasteiger partial charge is 0.481 e. The van der Waals surface area contributed by atoms with E-state index in [0.29, 0.717) is 5.89 Å². The van der Waals surface area contributed by atoms with Gasteiger partial charge in [0.25, 0.3) is 0 Å². The minimum Gasteiger partial charge on any atom is -0.481 e. The van der Waals surface area contributed by atoms with Crippen LogP contribution in [0.15, 0.2) is 28.2 Å². The van der Waals surface area contributed by atoms with Crippen LogP contribution in [-0.2, 0) is 16.0 Å². The molecule has 134 valence electrons. The van der Waals surface area contributed by atoms with Crippen molar-refractivity contribution in [3.63, 3.8) is 0 Å². The Bertz CT molecular complexity index is 787. The minimum atomic E-state index is -4.92. The molecular formula is C15H13F3N2O4S. The molecule has 0 spiro atoms. The first-order valence-corrected chi connectivity index (χ1v) is 8.17. The Morgan fingerprint density at radius 2 is 2.20 bits per heavy atom. The van der Waals surface area contributed by atoms with Gasteiger partial charge in [0.15, 0.2) is 5.41 Å². The molecule has 2 aromatic rings. The molecule has 1 amide bonds. The number of alkyl halides is 3. The van der Waals surface area contributed by atoms with Crippen molar-refractivity contribution in [1.82, 2.24) is 9.88 Å². The Labute approximate surface area is 143 Å². The predicted octanol–water partition coefficient (Wildman–Crippen LogP) is 2.81. The van der Waals surface area contributed by atoms with Gasteiger partial charge >= 0.3 is 12.1 Å². The molecule has 2 aromatic heterocycles. The Kier molecular flexibility index (Phi) is 4.31. The summed E-state index contributed by atoms with van der Waals surface area (Å²) in [6.45, 7) is -1.15. The van der Waals surface area contributed by atoms with E-state index in [4.69, 9.17) is 9.52 Å². The van der Waals surface area contributed by atoms with E-state index in [0.717, 1.165) is 9.78 Å². The molecular weight excluding hydrogens is 361 g/mol. The number of hydrogen-bond donors (Lipinski definition) is 1. The third-order valence-corrected chi connectivity index (χ3v) is 5.05. The van der Waals surface area contributed by atoms with Crippen molar-refractivity contribution >= 4 is 23.2 Å². The zero-order valence-corrected chi connectivity index (χ0v) is 13.6. The van der Waals surface area contributed by atoms with Crippen molar-refractivity contribution < 1.29 is 32.3 Å². The van der Waals surface area contributed by atoms with Gasteiger partial charge in [0.1, 0.15) is 6.26 Å². The summed E-state index contributed by atoms with van der Waals surface area (Å²) in [5.74, 6) is -2.25. The molecule has 1 aliphatic heterocycles. The van der Waals surface area contributed by atoms with Crippen LogP contribution in [0.25, 0.3) is 10.8 Å². The molecule has 1 fully saturated rings. The smallest absolute Gasteiger partial charge is 0.406 e. The molecule has 1 unspecified atom stereocenters. The molecule has 0 radical (unpaired) electrons. The Hall–Kier alpha value is -2.36. The number of halogens is 3. The lowest BCUT2D eigenvalue weighted by Gasteiger charge is -2.27.